The van der Waals surface area contributed by atoms with Gasteiger partial charge in [0.15, 0.2) is 0 Å². The molecule has 1 aromatic rings. The molecule has 1 aromatic heterocycles. The topological polar surface area (TPSA) is 90.2 Å². The predicted octanol–water partition coefficient (Wildman–Crippen LogP) is 2.48. The Morgan fingerprint density at radius 2 is 2.21 bits per heavy atom. The van der Waals surface area contributed by atoms with Crippen molar-refractivity contribution in [3.63, 3.8) is 0 Å². The highest BCUT2D eigenvalue weighted by Gasteiger charge is 2.32. The van der Waals surface area contributed by atoms with E-state index in [4.69, 9.17) is 4.74 Å². The number of hydrogen-bond donors (Lipinski definition) is 1. The molecule has 1 aliphatic rings. The van der Waals surface area contributed by atoms with E-state index in [0.717, 1.165) is 19.3 Å². The molecule has 19 heavy (non-hydrogen) atoms. The highest BCUT2D eigenvalue weighted by atomic mass is 16.6. The molecule has 7 heteroatoms. The molecule has 1 saturated carbocycles. The normalized spacial score (nSPS) is 15.9. The molecule has 1 unspecified atom stereocenters. The maximum absolute atomic E-state index is 11.2. The zero-order chi connectivity index (χ0) is 14.0. The zero-order valence-electron chi connectivity index (χ0n) is 11.3. The summed E-state index contributed by atoms with van der Waals surface area (Å²) in [6.45, 7) is 3.96. The number of methoxy groups -OCH3 is 1. The SMILES string of the molecule is CCC(C)Nc1nc(C2CC2)nc(OC)c1[N+](=O)[O-]. The lowest BCUT2D eigenvalue weighted by Crippen LogP contribution is -2.17. The largest absolute Gasteiger partial charge is 0.476 e. The average Bonchev–Trinajstić information content (AvgIpc) is 3.21. The van der Waals surface area contributed by atoms with Crippen molar-refractivity contribution < 1.29 is 9.66 Å². The van der Waals surface area contributed by atoms with Crippen LogP contribution in [0.1, 0.15) is 44.9 Å². The van der Waals surface area contributed by atoms with Crippen LogP contribution in [0.4, 0.5) is 11.5 Å². The first-order valence-corrected chi connectivity index (χ1v) is 6.43. The van der Waals surface area contributed by atoms with Crippen LogP contribution in [-0.4, -0.2) is 28.0 Å². The summed E-state index contributed by atoms with van der Waals surface area (Å²) in [4.78, 5) is 19.1. The average molecular weight is 266 g/mol. The van der Waals surface area contributed by atoms with Gasteiger partial charge in [-0.1, -0.05) is 6.92 Å². The van der Waals surface area contributed by atoms with Crippen LogP contribution in [0.5, 0.6) is 5.88 Å². The van der Waals surface area contributed by atoms with Crippen LogP contribution < -0.4 is 10.1 Å². The zero-order valence-corrected chi connectivity index (χ0v) is 11.3. The third kappa shape index (κ3) is 2.91. The number of ether oxygens (including phenoxy) is 1. The lowest BCUT2D eigenvalue weighted by molar-refractivity contribution is -0.385. The Bertz CT molecular complexity index is 488. The number of hydrogen-bond acceptors (Lipinski definition) is 6. The van der Waals surface area contributed by atoms with E-state index in [9.17, 15) is 10.1 Å². The van der Waals surface area contributed by atoms with Gasteiger partial charge < -0.3 is 10.1 Å². The fourth-order valence-electron chi connectivity index (χ4n) is 1.72. The van der Waals surface area contributed by atoms with Crippen LogP contribution in [0.25, 0.3) is 0 Å². The van der Waals surface area contributed by atoms with Crippen LogP contribution in [0.3, 0.4) is 0 Å². The van der Waals surface area contributed by atoms with Crippen LogP contribution in [-0.2, 0) is 0 Å². The van der Waals surface area contributed by atoms with Crippen molar-refractivity contribution in [3.8, 4) is 5.88 Å². The summed E-state index contributed by atoms with van der Waals surface area (Å²) in [7, 11) is 1.39. The second kappa shape index (κ2) is 5.38. The van der Waals surface area contributed by atoms with Crippen molar-refractivity contribution in [3.05, 3.63) is 15.9 Å². The van der Waals surface area contributed by atoms with Crippen molar-refractivity contribution in [1.29, 1.82) is 0 Å². The summed E-state index contributed by atoms with van der Waals surface area (Å²) in [5, 5.41) is 14.2. The molecule has 0 aromatic carbocycles. The Labute approximate surface area is 111 Å². The molecule has 0 bridgehead atoms. The maximum atomic E-state index is 11.2. The van der Waals surface area contributed by atoms with Crippen molar-refractivity contribution >= 4 is 11.5 Å². The van der Waals surface area contributed by atoms with Crippen LogP contribution >= 0.6 is 0 Å². The van der Waals surface area contributed by atoms with E-state index in [-0.39, 0.29) is 23.4 Å². The number of aromatic nitrogens is 2. The number of nitro groups is 1. The summed E-state index contributed by atoms with van der Waals surface area (Å²) < 4.78 is 5.05. The van der Waals surface area contributed by atoms with Crippen LogP contribution in [0, 0.1) is 10.1 Å². The van der Waals surface area contributed by atoms with Crippen molar-refractivity contribution in [1.82, 2.24) is 9.97 Å². The lowest BCUT2D eigenvalue weighted by atomic mass is 10.2. The number of nitrogens with one attached hydrogen (secondary N) is 1. The molecule has 0 spiro atoms. The van der Waals surface area contributed by atoms with Crippen LogP contribution in [0.15, 0.2) is 0 Å². The summed E-state index contributed by atoms with van der Waals surface area (Å²) in [6, 6.07) is 0.102. The highest BCUT2D eigenvalue weighted by Crippen LogP contribution is 2.41. The molecule has 0 amide bonds. The fraction of sp³-hybridized carbons (Fsp3) is 0.667. The minimum absolute atomic E-state index is 0.0349. The Morgan fingerprint density at radius 1 is 1.53 bits per heavy atom. The monoisotopic (exact) mass is 266 g/mol. The van der Waals surface area contributed by atoms with E-state index in [1.54, 1.807) is 0 Å². The lowest BCUT2D eigenvalue weighted by Gasteiger charge is -2.14. The van der Waals surface area contributed by atoms with Gasteiger partial charge in [0, 0.05) is 12.0 Å². The first-order chi connectivity index (χ1) is 9.06. The fourth-order valence-corrected chi connectivity index (χ4v) is 1.72. The van der Waals surface area contributed by atoms with E-state index in [1.807, 2.05) is 13.8 Å². The van der Waals surface area contributed by atoms with Crippen molar-refractivity contribution in [2.45, 2.75) is 45.1 Å². The van der Waals surface area contributed by atoms with Crippen LogP contribution in [0.2, 0.25) is 0 Å². The predicted molar refractivity (Wildman–Crippen MR) is 70.6 cm³/mol. The molecule has 104 valence electrons. The third-order valence-electron chi connectivity index (χ3n) is 3.18. The minimum atomic E-state index is -0.500. The summed E-state index contributed by atoms with van der Waals surface area (Å²) in [6.07, 6.45) is 2.91. The van der Waals surface area contributed by atoms with E-state index in [2.05, 4.69) is 15.3 Å². The van der Waals surface area contributed by atoms with E-state index >= 15 is 0 Å². The van der Waals surface area contributed by atoms with Gasteiger partial charge in [0.25, 0.3) is 5.88 Å². The molecule has 1 aliphatic carbocycles. The first kappa shape index (κ1) is 13.5. The Morgan fingerprint density at radius 3 is 2.68 bits per heavy atom. The third-order valence-corrected chi connectivity index (χ3v) is 3.18. The Kier molecular flexibility index (Phi) is 3.82. The molecule has 0 saturated heterocycles. The van der Waals surface area contributed by atoms with Gasteiger partial charge in [-0.3, -0.25) is 10.1 Å². The van der Waals surface area contributed by atoms with E-state index in [0.29, 0.717) is 11.7 Å². The summed E-state index contributed by atoms with van der Waals surface area (Å²) in [5.41, 5.74) is -0.188. The van der Waals surface area contributed by atoms with Crippen molar-refractivity contribution in [2.24, 2.45) is 0 Å². The van der Waals surface area contributed by atoms with E-state index < -0.39 is 4.92 Å². The molecule has 1 atom stereocenters. The molecular formula is C12H18N4O3. The molecule has 7 nitrogen and oxygen atoms in total. The quantitative estimate of drug-likeness (QED) is 0.628. The molecule has 1 heterocycles. The maximum Gasteiger partial charge on any atom is 0.372 e. The van der Waals surface area contributed by atoms with E-state index in [1.165, 1.54) is 7.11 Å². The number of nitrogens with zero attached hydrogens (tertiary/aromatic N) is 3. The minimum Gasteiger partial charge on any atom is -0.476 e. The molecule has 2 rings (SSSR count). The van der Waals surface area contributed by atoms with Gasteiger partial charge in [-0.15, -0.1) is 0 Å². The highest BCUT2D eigenvalue weighted by molar-refractivity contribution is 5.62. The summed E-state index contributed by atoms with van der Waals surface area (Å²) in [5.74, 6) is 1.24. The molecule has 1 fully saturated rings. The Balaban J connectivity index is 2.45. The second-order valence-electron chi connectivity index (χ2n) is 4.77. The smallest absolute Gasteiger partial charge is 0.372 e. The van der Waals surface area contributed by atoms with Gasteiger partial charge >= 0.3 is 5.69 Å². The standard InChI is InChI=1S/C12H18N4O3/c1-4-7(2)13-11-9(16(17)18)12(19-3)15-10(14-11)8-5-6-8/h7-8H,4-6H2,1-3H3,(H,13,14,15). The van der Waals surface area contributed by atoms with Gasteiger partial charge in [0.05, 0.1) is 12.0 Å². The van der Waals surface area contributed by atoms with Gasteiger partial charge in [-0.2, -0.15) is 4.98 Å². The number of rotatable bonds is 6. The summed E-state index contributed by atoms with van der Waals surface area (Å²) >= 11 is 0. The van der Waals surface area contributed by atoms with Gasteiger partial charge in [-0.25, -0.2) is 4.98 Å². The number of anilines is 1. The van der Waals surface area contributed by atoms with Gasteiger partial charge in [-0.05, 0) is 26.2 Å². The first-order valence-electron chi connectivity index (χ1n) is 6.43. The van der Waals surface area contributed by atoms with Gasteiger partial charge in [0.1, 0.15) is 5.82 Å². The van der Waals surface area contributed by atoms with Gasteiger partial charge in [0.2, 0.25) is 5.82 Å². The molecule has 0 radical (unpaired) electrons. The second-order valence-corrected chi connectivity index (χ2v) is 4.77. The molecule has 0 aliphatic heterocycles. The molecular weight excluding hydrogens is 248 g/mol. The Hall–Kier alpha value is -1.92. The molecule has 1 N–H and O–H groups in total. The van der Waals surface area contributed by atoms with Crippen molar-refractivity contribution in [2.75, 3.05) is 12.4 Å².